The Kier molecular flexibility index (Phi) is 5.15. The average molecular weight is 328 g/mol. The summed E-state index contributed by atoms with van der Waals surface area (Å²) in [6, 6.07) is 3.73. The predicted octanol–water partition coefficient (Wildman–Crippen LogP) is 1.50. The first-order valence-electron chi connectivity index (χ1n) is 6.72. The van der Waals surface area contributed by atoms with Gasteiger partial charge in [0.15, 0.2) is 0 Å². The van der Waals surface area contributed by atoms with Crippen LogP contribution in [0.15, 0.2) is 34.8 Å². The first-order valence-corrected chi connectivity index (χ1v) is 9.04. The number of sulfonamides is 1. The van der Waals surface area contributed by atoms with Crippen LogP contribution in [0.2, 0.25) is 0 Å². The largest absolute Gasteiger partial charge is 0.329 e. The first kappa shape index (κ1) is 16.2. The molecule has 0 aliphatic heterocycles. The van der Waals surface area contributed by atoms with Crippen LogP contribution < -0.4 is 5.73 Å². The fourth-order valence-corrected chi connectivity index (χ4v) is 4.32. The van der Waals surface area contributed by atoms with Crippen LogP contribution in [0.1, 0.15) is 18.7 Å². The Bertz CT molecular complexity index is 662. The van der Waals surface area contributed by atoms with E-state index in [0.717, 1.165) is 4.88 Å². The zero-order chi connectivity index (χ0) is 15.5. The highest BCUT2D eigenvalue weighted by Gasteiger charge is 2.28. The molecular weight excluding hydrogens is 308 g/mol. The van der Waals surface area contributed by atoms with Crippen molar-refractivity contribution in [3.8, 4) is 0 Å². The van der Waals surface area contributed by atoms with Gasteiger partial charge in [-0.15, -0.1) is 11.3 Å². The zero-order valence-electron chi connectivity index (χ0n) is 12.1. The smallest absolute Gasteiger partial charge is 0.246 e. The van der Waals surface area contributed by atoms with E-state index in [-0.39, 0.29) is 10.9 Å². The van der Waals surface area contributed by atoms with Gasteiger partial charge in [0.05, 0.1) is 12.7 Å². The number of thiophene rings is 1. The minimum absolute atomic E-state index is 0.130. The number of aromatic nitrogens is 2. The van der Waals surface area contributed by atoms with Crippen LogP contribution in [0.25, 0.3) is 0 Å². The molecule has 0 aliphatic rings. The van der Waals surface area contributed by atoms with Crippen molar-refractivity contribution in [1.29, 1.82) is 0 Å². The minimum Gasteiger partial charge on any atom is -0.329 e. The highest BCUT2D eigenvalue weighted by Crippen LogP contribution is 2.22. The van der Waals surface area contributed by atoms with Crippen molar-refractivity contribution < 1.29 is 8.42 Å². The Morgan fingerprint density at radius 3 is 2.81 bits per heavy atom. The maximum absolute atomic E-state index is 12.8. The summed E-state index contributed by atoms with van der Waals surface area (Å²) < 4.78 is 28.6. The van der Waals surface area contributed by atoms with E-state index in [4.69, 9.17) is 5.73 Å². The molecule has 0 fully saturated rings. The first-order chi connectivity index (χ1) is 9.95. The molecule has 6 nitrogen and oxygen atoms in total. The number of rotatable bonds is 7. The molecule has 21 heavy (non-hydrogen) atoms. The van der Waals surface area contributed by atoms with Gasteiger partial charge in [0.2, 0.25) is 10.0 Å². The lowest BCUT2D eigenvalue weighted by Gasteiger charge is -2.24. The molecule has 0 aromatic carbocycles. The average Bonchev–Trinajstić information content (AvgIpc) is 3.07. The lowest BCUT2D eigenvalue weighted by molar-refractivity contribution is 0.350. The molecule has 0 saturated carbocycles. The van der Waals surface area contributed by atoms with E-state index in [1.54, 1.807) is 16.0 Å². The third-order valence-electron chi connectivity index (χ3n) is 3.04. The maximum Gasteiger partial charge on any atom is 0.246 e. The van der Waals surface area contributed by atoms with E-state index in [1.807, 2.05) is 31.4 Å². The van der Waals surface area contributed by atoms with Gasteiger partial charge in [0.25, 0.3) is 0 Å². The Morgan fingerprint density at radius 1 is 1.48 bits per heavy atom. The molecule has 2 aromatic rings. The maximum atomic E-state index is 12.8. The Morgan fingerprint density at radius 2 is 2.24 bits per heavy atom. The number of hydrogen-bond acceptors (Lipinski definition) is 5. The van der Waals surface area contributed by atoms with Gasteiger partial charge in [-0.1, -0.05) is 6.07 Å². The van der Waals surface area contributed by atoms with Gasteiger partial charge < -0.3 is 5.73 Å². The van der Waals surface area contributed by atoms with Crippen molar-refractivity contribution in [1.82, 2.24) is 14.1 Å². The molecule has 2 heterocycles. The van der Waals surface area contributed by atoms with Gasteiger partial charge in [-0.05, 0) is 25.3 Å². The Hall–Kier alpha value is -1.22. The molecule has 0 aliphatic carbocycles. The predicted molar refractivity (Wildman–Crippen MR) is 83.5 cm³/mol. The van der Waals surface area contributed by atoms with Crippen molar-refractivity contribution in [2.45, 2.75) is 37.9 Å². The summed E-state index contributed by atoms with van der Waals surface area (Å²) >= 11 is 1.55. The van der Waals surface area contributed by atoms with Crippen LogP contribution in [0, 0.1) is 0 Å². The standard InChI is InChI=1S/C13H20N4O2S2/c1-11(2)17(9-12-4-3-7-20-12)21(18,19)13-8-15-16(10-13)6-5-14/h3-4,7-8,10-11H,5-6,9,14H2,1-2H3. The summed E-state index contributed by atoms with van der Waals surface area (Å²) in [5.74, 6) is 0. The van der Waals surface area contributed by atoms with Crippen LogP contribution >= 0.6 is 11.3 Å². The Balaban J connectivity index is 2.28. The van der Waals surface area contributed by atoms with Crippen LogP contribution in [-0.2, 0) is 23.1 Å². The van der Waals surface area contributed by atoms with Crippen LogP contribution in [-0.4, -0.2) is 35.1 Å². The lowest BCUT2D eigenvalue weighted by Crippen LogP contribution is -2.36. The molecule has 2 aromatic heterocycles. The minimum atomic E-state index is -3.56. The second kappa shape index (κ2) is 6.69. The molecule has 116 valence electrons. The molecule has 0 radical (unpaired) electrons. The molecular formula is C13H20N4O2S2. The second-order valence-electron chi connectivity index (χ2n) is 4.95. The summed E-state index contributed by atoms with van der Waals surface area (Å²) in [4.78, 5) is 1.22. The van der Waals surface area contributed by atoms with E-state index in [0.29, 0.717) is 19.6 Å². The summed E-state index contributed by atoms with van der Waals surface area (Å²) in [5, 5.41) is 5.99. The fourth-order valence-electron chi connectivity index (χ4n) is 1.97. The van der Waals surface area contributed by atoms with Crippen molar-refractivity contribution in [2.75, 3.05) is 6.54 Å². The molecule has 0 spiro atoms. The van der Waals surface area contributed by atoms with Crippen molar-refractivity contribution in [3.63, 3.8) is 0 Å². The zero-order valence-corrected chi connectivity index (χ0v) is 13.8. The van der Waals surface area contributed by atoms with Gasteiger partial charge in [0.1, 0.15) is 4.90 Å². The van der Waals surface area contributed by atoms with Gasteiger partial charge in [0, 0.05) is 30.2 Å². The highest BCUT2D eigenvalue weighted by molar-refractivity contribution is 7.89. The summed E-state index contributed by atoms with van der Waals surface area (Å²) in [7, 11) is -3.56. The van der Waals surface area contributed by atoms with Crippen molar-refractivity contribution in [3.05, 3.63) is 34.8 Å². The van der Waals surface area contributed by atoms with Crippen molar-refractivity contribution in [2.24, 2.45) is 5.73 Å². The summed E-state index contributed by atoms with van der Waals surface area (Å²) in [5.41, 5.74) is 5.46. The van der Waals surface area contributed by atoms with Gasteiger partial charge in [-0.3, -0.25) is 4.68 Å². The van der Waals surface area contributed by atoms with Crippen molar-refractivity contribution >= 4 is 21.4 Å². The van der Waals surface area contributed by atoms with E-state index in [9.17, 15) is 8.42 Å². The topological polar surface area (TPSA) is 81.2 Å². The molecule has 0 atom stereocenters. The van der Waals surface area contributed by atoms with Gasteiger partial charge >= 0.3 is 0 Å². The highest BCUT2D eigenvalue weighted by atomic mass is 32.2. The van der Waals surface area contributed by atoms with E-state index in [2.05, 4.69) is 5.10 Å². The normalized spacial score (nSPS) is 12.4. The second-order valence-corrected chi connectivity index (χ2v) is 7.87. The summed E-state index contributed by atoms with van der Waals surface area (Å²) in [6.07, 6.45) is 2.92. The molecule has 0 saturated heterocycles. The number of nitrogens with two attached hydrogens (primary N) is 1. The molecule has 0 amide bonds. The number of hydrogen-bond donors (Lipinski definition) is 1. The SMILES string of the molecule is CC(C)N(Cc1cccs1)S(=O)(=O)c1cnn(CCN)c1. The van der Waals surface area contributed by atoms with Crippen LogP contribution in [0.4, 0.5) is 0 Å². The lowest BCUT2D eigenvalue weighted by atomic mass is 10.4. The summed E-state index contributed by atoms with van der Waals surface area (Å²) in [6.45, 7) is 5.04. The van der Waals surface area contributed by atoms with Gasteiger partial charge in [-0.25, -0.2) is 8.42 Å². The molecule has 0 bridgehead atoms. The monoisotopic (exact) mass is 328 g/mol. The third-order valence-corrected chi connectivity index (χ3v) is 5.88. The number of nitrogens with zero attached hydrogens (tertiary/aromatic N) is 3. The van der Waals surface area contributed by atoms with E-state index in [1.165, 1.54) is 16.7 Å². The Labute approximate surface area is 129 Å². The third kappa shape index (κ3) is 3.70. The van der Waals surface area contributed by atoms with Gasteiger partial charge in [-0.2, -0.15) is 9.40 Å². The fraction of sp³-hybridized carbons (Fsp3) is 0.462. The molecule has 2 N–H and O–H groups in total. The van der Waals surface area contributed by atoms with E-state index < -0.39 is 10.0 Å². The van der Waals surface area contributed by atoms with E-state index >= 15 is 0 Å². The molecule has 2 rings (SSSR count). The molecule has 8 heteroatoms. The van der Waals surface area contributed by atoms with Crippen LogP contribution in [0.5, 0.6) is 0 Å². The van der Waals surface area contributed by atoms with Crippen LogP contribution in [0.3, 0.4) is 0 Å². The quantitative estimate of drug-likeness (QED) is 0.835. The molecule has 0 unspecified atom stereocenters.